The van der Waals surface area contributed by atoms with Crippen LogP contribution in [0, 0.1) is 0 Å². The van der Waals surface area contributed by atoms with Crippen molar-refractivity contribution in [1.82, 2.24) is 15.4 Å². The molecule has 5 nitrogen and oxygen atoms in total. The van der Waals surface area contributed by atoms with Crippen LogP contribution in [-0.4, -0.2) is 15.4 Å². The minimum atomic E-state index is -0.316. The van der Waals surface area contributed by atoms with Crippen LogP contribution in [0.1, 0.15) is 0 Å². The largest absolute Gasteiger partial charge is 0.352 e. The van der Waals surface area contributed by atoms with E-state index in [4.69, 9.17) is 4.52 Å². The zero-order chi connectivity index (χ0) is 11.8. The minimum Gasteiger partial charge on any atom is -0.352 e. The molecule has 0 fully saturated rings. The van der Waals surface area contributed by atoms with Crippen molar-refractivity contribution in [2.45, 2.75) is 0 Å². The van der Waals surface area contributed by atoms with Crippen molar-refractivity contribution in [1.29, 1.82) is 0 Å². The van der Waals surface area contributed by atoms with Gasteiger partial charge in [-0.05, 0) is 15.9 Å². The first-order valence-electron chi connectivity index (χ1n) is 4.86. The third-order valence-corrected chi connectivity index (χ3v) is 2.95. The Morgan fingerprint density at radius 1 is 1.24 bits per heavy atom. The predicted molar refractivity (Wildman–Crippen MR) is 65.6 cm³/mol. The fourth-order valence-corrected chi connectivity index (χ4v) is 2.00. The second kappa shape index (κ2) is 3.81. The number of H-pyrrole nitrogens is 1. The average molecular weight is 292 g/mol. The van der Waals surface area contributed by atoms with Gasteiger partial charge in [-0.2, -0.15) is 5.10 Å². The lowest BCUT2D eigenvalue weighted by Crippen LogP contribution is -2.08. The third-order valence-electron chi connectivity index (χ3n) is 2.41. The molecule has 0 aliphatic carbocycles. The van der Waals surface area contributed by atoms with Gasteiger partial charge in [-0.3, -0.25) is 4.79 Å². The van der Waals surface area contributed by atoms with Crippen molar-refractivity contribution < 1.29 is 4.52 Å². The molecule has 0 unspecified atom stereocenters. The Bertz CT molecular complexity index is 733. The summed E-state index contributed by atoms with van der Waals surface area (Å²) in [6, 6.07) is 9.38. The Kier molecular flexibility index (Phi) is 2.29. The molecule has 17 heavy (non-hydrogen) atoms. The fraction of sp³-hybridized carbons (Fsp3) is 0. The summed E-state index contributed by atoms with van der Waals surface area (Å²) in [6.45, 7) is 0. The summed E-state index contributed by atoms with van der Waals surface area (Å²) < 4.78 is 5.57. The molecule has 0 radical (unpaired) electrons. The van der Waals surface area contributed by atoms with Crippen LogP contribution in [0.3, 0.4) is 0 Å². The molecule has 0 amide bonds. The van der Waals surface area contributed by atoms with E-state index >= 15 is 0 Å². The van der Waals surface area contributed by atoms with E-state index in [2.05, 4.69) is 31.3 Å². The Morgan fingerprint density at radius 3 is 2.76 bits per heavy atom. The summed E-state index contributed by atoms with van der Waals surface area (Å²) >= 11 is 3.20. The lowest BCUT2D eigenvalue weighted by atomic mass is 10.1. The molecule has 3 aromatic rings. The zero-order valence-electron chi connectivity index (χ0n) is 8.48. The first-order valence-corrected chi connectivity index (χ1v) is 5.65. The highest BCUT2D eigenvalue weighted by Gasteiger charge is 2.16. The van der Waals surface area contributed by atoms with Crippen molar-refractivity contribution in [3.8, 4) is 11.3 Å². The molecule has 0 aliphatic rings. The molecular formula is C11H6BrN3O2. The number of aromatic amines is 1. The average Bonchev–Trinajstić information content (AvgIpc) is 2.81. The molecule has 2 heterocycles. The number of halogens is 1. The van der Waals surface area contributed by atoms with Crippen LogP contribution in [0.25, 0.3) is 22.2 Å². The third kappa shape index (κ3) is 1.57. The number of hydrogen-bond donors (Lipinski definition) is 1. The topological polar surface area (TPSA) is 71.8 Å². The Morgan fingerprint density at radius 2 is 2.00 bits per heavy atom. The second-order valence-corrected chi connectivity index (χ2v) is 4.20. The Hall–Kier alpha value is -1.95. The van der Waals surface area contributed by atoms with Gasteiger partial charge >= 0.3 is 0 Å². The molecule has 6 heteroatoms. The van der Waals surface area contributed by atoms with E-state index in [-0.39, 0.29) is 5.56 Å². The SMILES string of the molecule is O=c1[nH]nc(Br)c2onc(-c3ccccc3)c12. The van der Waals surface area contributed by atoms with E-state index in [1.54, 1.807) is 0 Å². The Balaban J connectivity index is 2.40. The number of rotatable bonds is 1. The van der Waals surface area contributed by atoms with Crippen LogP contribution in [0.4, 0.5) is 0 Å². The van der Waals surface area contributed by atoms with E-state index in [9.17, 15) is 4.79 Å². The van der Waals surface area contributed by atoms with Gasteiger partial charge in [-0.15, -0.1) is 0 Å². The van der Waals surface area contributed by atoms with E-state index in [1.807, 2.05) is 30.3 Å². The summed E-state index contributed by atoms with van der Waals surface area (Å²) in [5.41, 5.74) is 1.38. The second-order valence-electron chi connectivity index (χ2n) is 3.44. The van der Waals surface area contributed by atoms with Crippen molar-refractivity contribution in [2.24, 2.45) is 0 Å². The molecule has 1 aromatic carbocycles. The predicted octanol–water partition coefficient (Wildman–Crippen LogP) is 2.34. The molecule has 0 saturated carbocycles. The highest BCUT2D eigenvalue weighted by atomic mass is 79.9. The van der Waals surface area contributed by atoms with Crippen molar-refractivity contribution in [3.05, 3.63) is 45.3 Å². The Labute approximate surface area is 104 Å². The number of aromatic nitrogens is 3. The van der Waals surface area contributed by atoms with Gasteiger partial charge in [0, 0.05) is 5.56 Å². The van der Waals surface area contributed by atoms with Crippen LogP contribution in [0.5, 0.6) is 0 Å². The van der Waals surface area contributed by atoms with Gasteiger partial charge in [-0.25, -0.2) is 5.10 Å². The standard InChI is InChI=1S/C11H6BrN3O2/c12-10-9-7(11(16)14-13-10)8(15-17-9)6-4-2-1-3-5-6/h1-5H,(H,14,16). The van der Waals surface area contributed by atoms with Crippen LogP contribution in [0.2, 0.25) is 0 Å². The highest BCUT2D eigenvalue weighted by molar-refractivity contribution is 9.10. The molecule has 0 atom stereocenters. The summed E-state index contributed by atoms with van der Waals surface area (Å²) in [6.07, 6.45) is 0. The molecular weight excluding hydrogens is 286 g/mol. The van der Waals surface area contributed by atoms with Crippen molar-refractivity contribution >= 4 is 26.9 Å². The van der Waals surface area contributed by atoms with Crippen molar-refractivity contribution in [3.63, 3.8) is 0 Å². The van der Waals surface area contributed by atoms with Gasteiger partial charge in [0.15, 0.2) is 4.60 Å². The van der Waals surface area contributed by atoms with E-state index in [0.29, 0.717) is 21.3 Å². The van der Waals surface area contributed by atoms with Gasteiger partial charge in [0.2, 0.25) is 5.58 Å². The van der Waals surface area contributed by atoms with E-state index in [0.717, 1.165) is 5.56 Å². The molecule has 84 valence electrons. The van der Waals surface area contributed by atoms with Crippen LogP contribution in [0.15, 0.2) is 44.3 Å². The van der Waals surface area contributed by atoms with Gasteiger partial charge < -0.3 is 4.52 Å². The maximum absolute atomic E-state index is 11.7. The van der Waals surface area contributed by atoms with Crippen molar-refractivity contribution in [2.75, 3.05) is 0 Å². The van der Waals surface area contributed by atoms with E-state index in [1.165, 1.54) is 0 Å². The summed E-state index contributed by atoms with van der Waals surface area (Å²) in [5, 5.41) is 10.5. The maximum Gasteiger partial charge on any atom is 0.277 e. The molecule has 0 spiro atoms. The van der Waals surface area contributed by atoms with Gasteiger partial charge in [0.25, 0.3) is 5.56 Å². The molecule has 0 aliphatic heterocycles. The number of fused-ring (bicyclic) bond motifs is 1. The molecule has 0 saturated heterocycles. The first-order chi connectivity index (χ1) is 8.27. The first kappa shape index (κ1) is 10.2. The smallest absolute Gasteiger partial charge is 0.277 e. The van der Waals surface area contributed by atoms with E-state index < -0.39 is 0 Å². The molecule has 3 rings (SSSR count). The summed E-state index contributed by atoms with van der Waals surface area (Å²) in [5.74, 6) is 0. The number of benzene rings is 1. The van der Waals surface area contributed by atoms with Gasteiger partial charge in [0.05, 0.1) is 0 Å². The maximum atomic E-state index is 11.7. The monoisotopic (exact) mass is 291 g/mol. The molecule has 0 bridgehead atoms. The minimum absolute atomic E-state index is 0.316. The number of nitrogens with one attached hydrogen (secondary N) is 1. The molecule has 2 aromatic heterocycles. The fourth-order valence-electron chi connectivity index (χ4n) is 1.64. The lowest BCUT2D eigenvalue weighted by Gasteiger charge is -1.94. The van der Waals surface area contributed by atoms with Gasteiger partial charge in [-0.1, -0.05) is 35.5 Å². The number of nitrogens with zero attached hydrogens (tertiary/aromatic N) is 2. The summed E-state index contributed by atoms with van der Waals surface area (Å²) in [4.78, 5) is 11.7. The zero-order valence-corrected chi connectivity index (χ0v) is 10.1. The highest BCUT2D eigenvalue weighted by Crippen LogP contribution is 2.27. The van der Waals surface area contributed by atoms with Crippen LogP contribution < -0.4 is 5.56 Å². The van der Waals surface area contributed by atoms with Gasteiger partial charge in [0.1, 0.15) is 11.1 Å². The lowest BCUT2D eigenvalue weighted by molar-refractivity contribution is 0.456. The van der Waals surface area contributed by atoms with Crippen LogP contribution >= 0.6 is 15.9 Å². The van der Waals surface area contributed by atoms with Crippen LogP contribution in [-0.2, 0) is 0 Å². The molecule has 1 N–H and O–H groups in total. The normalized spacial score (nSPS) is 10.9. The number of hydrogen-bond acceptors (Lipinski definition) is 4. The summed E-state index contributed by atoms with van der Waals surface area (Å²) in [7, 11) is 0. The quantitative estimate of drug-likeness (QED) is 0.747.